The zero-order chi connectivity index (χ0) is 22.6. The van der Waals surface area contributed by atoms with Gasteiger partial charge in [-0.15, -0.1) is 0 Å². The number of piperazine rings is 1. The van der Waals surface area contributed by atoms with Crippen LogP contribution in [0.25, 0.3) is 0 Å². The lowest BCUT2D eigenvalue weighted by Crippen LogP contribution is -2.46. The first-order chi connectivity index (χ1) is 15.6. The fraction of sp³-hybridized carbons (Fsp3) is 0.571. The van der Waals surface area contributed by atoms with Gasteiger partial charge in [-0.1, -0.05) is 50.7 Å². The van der Waals surface area contributed by atoms with E-state index in [9.17, 15) is 0 Å². The van der Waals surface area contributed by atoms with Gasteiger partial charge in [-0.3, -0.25) is 4.90 Å². The molecule has 0 atom stereocenters. The third-order valence-electron chi connectivity index (χ3n) is 6.81. The van der Waals surface area contributed by atoms with Crippen LogP contribution in [0.2, 0.25) is 0 Å². The molecule has 0 unspecified atom stereocenters. The zero-order valence-electron chi connectivity index (χ0n) is 20.3. The molecule has 3 rings (SSSR count). The minimum atomic E-state index is 0.785. The second-order valence-electron chi connectivity index (χ2n) is 9.29. The van der Waals surface area contributed by atoms with Crippen molar-refractivity contribution in [1.29, 1.82) is 0 Å². The van der Waals surface area contributed by atoms with Crippen LogP contribution in [0, 0.1) is 13.8 Å². The summed E-state index contributed by atoms with van der Waals surface area (Å²) in [5, 5.41) is 0. The summed E-state index contributed by atoms with van der Waals surface area (Å²) in [5.74, 6) is 0.922. The molecular formula is C28H43N3O. The van der Waals surface area contributed by atoms with Crippen molar-refractivity contribution in [3.8, 4) is 5.75 Å². The number of nitrogens with two attached hydrogens (primary N) is 1. The molecule has 2 aromatic rings. The van der Waals surface area contributed by atoms with Gasteiger partial charge in [0, 0.05) is 37.6 Å². The molecule has 2 N–H and O–H groups in total. The molecule has 1 heterocycles. The maximum atomic E-state index is 5.76. The number of hydrogen-bond acceptors (Lipinski definition) is 4. The Hall–Kier alpha value is -2.20. The smallest absolute Gasteiger partial charge is 0.119 e. The molecule has 0 bridgehead atoms. The molecule has 0 spiro atoms. The number of rotatable bonds is 13. The fourth-order valence-electron chi connectivity index (χ4n) is 4.54. The summed E-state index contributed by atoms with van der Waals surface area (Å²) in [5.41, 5.74) is 10.7. The van der Waals surface area contributed by atoms with Crippen molar-refractivity contribution in [2.45, 2.75) is 65.2 Å². The van der Waals surface area contributed by atoms with Gasteiger partial charge < -0.3 is 15.4 Å². The number of ether oxygens (including phenoxy) is 1. The highest BCUT2D eigenvalue weighted by molar-refractivity contribution is 5.56. The molecule has 2 aromatic carbocycles. The predicted molar refractivity (Wildman–Crippen MR) is 138 cm³/mol. The summed E-state index contributed by atoms with van der Waals surface area (Å²) >= 11 is 0. The number of unbranched alkanes of at least 4 members (excludes halogenated alkanes) is 7. The van der Waals surface area contributed by atoms with Gasteiger partial charge in [-0.2, -0.15) is 0 Å². The number of nitrogen functional groups attached to an aromatic ring is 1. The quantitative estimate of drug-likeness (QED) is 0.299. The van der Waals surface area contributed by atoms with E-state index >= 15 is 0 Å². The molecule has 0 aliphatic carbocycles. The Kier molecular flexibility index (Phi) is 10.2. The van der Waals surface area contributed by atoms with Gasteiger partial charge in [-0.05, 0) is 74.7 Å². The summed E-state index contributed by atoms with van der Waals surface area (Å²) in [7, 11) is 0. The Labute approximate surface area is 195 Å². The van der Waals surface area contributed by atoms with Gasteiger partial charge in [0.1, 0.15) is 5.75 Å². The lowest BCUT2D eigenvalue weighted by atomic mass is 10.1. The molecule has 0 radical (unpaired) electrons. The third-order valence-corrected chi connectivity index (χ3v) is 6.81. The van der Waals surface area contributed by atoms with Gasteiger partial charge in [0.15, 0.2) is 0 Å². The van der Waals surface area contributed by atoms with Crippen LogP contribution >= 0.6 is 0 Å². The molecule has 176 valence electrons. The van der Waals surface area contributed by atoms with Crippen molar-refractivity contribution in [2.24, 2.45) is 0 Å². The maximum absolute atomic E-state index is 5.76. The highest BCUT2D eigenvalue weighted by Crippen LogP contribution is 2.24. The predicted octanol–water partition coefficient (Wildman–Crippen LogP) is 6.21. The molecule has 1 saturated heterocycles. The molecule has 0 amide bonds. The molecule has 0 aromatic heterocycles. The molecule has 1 aliphatic heterocycles. The molecule has 32 heavy (non-hydrogen) atoms. The first kappa shape index (κ1) is 24.4. The van der Waals surface area contributed by atoms with Crippen molar-refractivity contribution in [3.05, 3.63) is 53.6 Å². The molecule has 1 aliphatic rings. The van der Waals surface area contributed by atoms with Gasteiger partial charge in [0.25, 0.3) is 0 Å². The number of anilines is 2. The summed E-state index contributed by atoms with van der Waals surface area (Å²) in [6.45, 7) is 11.3. The maximum Gasteiger partial charge on any atom is 0.119 e. The second kappa shape index (κ2) is 13.4. The van der Waals surface area contributed by atoms with Crippen LogP contribution in [0.3, 0.4) is 0 Å². The van der Waals surface area contributed by atoms with Crippen LogP contribution in [0.15, 0.2) is 42.5 Å². The second-order valence-corrected chi connectivity index (χ2v) is 9.29. The Bertz CT molecular complexity index is 782. The molecule has 4 nitrogen and oxygen atoms in total. The highest BCUT2D eigenvalue weighted by atomic mass is 16.5. The summed E-state index contributed by atoms with van der Waals surface area (Å²) in [6, 6.07) is 14.4. The van der Waals surface area contributed by atoms with E-state index in [1.807, 2.05) is 24.3 Å². The topological polar surface area (TPSA) is 41.7 Å². The van der Waals surface area contributed by atoms with Crippen molar-refractivity contribution in [3.63, 3.8) is 0 Å². The van der Waals surface area contributed by atoms with E-state index in [1.54, 1.807) is 0 Å². The van der Waals surface area contributed by atoms with Gasteiger partial charge >= 0.3 is 0 Å². The molecular weight excluding hydrogens is 394 g/mol. The van der Waals surface area contributed by atoms with Crippen LogP contribution in [0.5, 0.6) is 5.75 Å². The molecule has 0 saturated carbocycles. The van der Waals surface area contributed by atoms with Crippen LogP contribution < -0.4 is 15.4 Å². The minimum absolute atomic E-state index is 0.785. The Morgan fingerprint density at radius 2 is 1.38 bits per heavy atom. The highest BCUT2D eigenvalue weighted by Gasteiger charge is 2.18. The Morgan fingerprint density at radius 1 is 0.750 bits per heavy atom. The van der Waals surface area contributed by atoms with Crippen molar-refractivity contribution in [1.82, 2.24) is 4.90 Å². The van der Waals surface area contributed by atoms with Crippen LogP contribution in [0.4, 0.5) is 11.4 Å². The lowest BCUT2D eigenvalue weighted by molar-refractivity contribution is 0.251. The van der Waals surface area contributed by atoms with E-state index < -0.39 is 0 Å². The average Bonchev–Trinajstić information content (AvgIpc) is 2.81. The van der Waals surface area contributed by atoms with Crippen LogP contribution in [-0.2, 0) is 0 Å². The first-order valence-electron chi connectivity index (χ1n) is 12.7. The third kappa shape index (κ3) is 8.05. The summed E-state index contributed by atoms with van der Waals surface area (Å²) in [4.78, 5) is 5.22. The van der Waals surface area contributed by atoms with E-state index in [2.05, 4.69) is 41.8 Å². The SMILES string of the molecule is Cc1cccc(N2CCN(CCCCCCCCCCOc3ccc(N)cc3)CC2)c1C. The number of benzene rings is 2. The van der Waals surface area contributed by atoms with Gasteiger partial charge in [0.05, 0.1) is 6.61 Å². The minimum Gasteiger partial charge on any atom is -0.494 e. The van der Waals surface area contributed by atoms with Crippen molar-refractivity contribution < 1.29 is 4.74 Å². The Balaban J connectivity index is 1.14. The monoisotopic (exact) mass is 437 g/mol. The van der Waals surface area contributed by atoms with Crippen molar-refractivity contribution >= 4 is 11.4 Å². The zero-order valence-corrected chi connectivity index (χ0v) is 20.3. The first-order valence-corrected chi connectivity index (χ1v) is 12.7. The van der Waals surface area contributed by atoms with E-state index in [0.717, 1.165) is 37.6 Å². The van der Waals surface area contributed by atoms with E-state index in [0.29, 0.717) is 0 Å². The number of hydrogen-bond donors (Lipinski definition) is 1. The van der Waals surface area contributed by atoms with Crippen LogP contribution in [0.1, 0.15) is 62.5 Å². The van der Waals surface area contributed by atoms with Gasteiger partial charge in [0.2, 0.25) is 0 Å². The standard InChI is InChI=1S/C28H43N3O/c1-24-12-11-13-28(25(24)2)31-21-19-30(20-22-31)18-9-7-5-3-4-6-8-10-23-32-27-16-14-26(29)15-17-27/h11-17H,3-10,18-23,29H2,1-2H3. The molecule has 4 heteroatoms. The fourth-order valence-corrected chi connectivity index (χ4v) is 4.54. The summed E-state index contributed by atoms with van der Waals surface area (Å²) < 4.78 is 5.76. The molecule has 1 fully saturated rings. The number of nitrogens with zero attached hydrogens (tertiary/aromatic N) is 2. The Morgan fingerprint density at radius 3 is 2.06 bits per heavy atom. The van der Waals surface area contributed by atoms with E-state index in [1.165, 1.54) is 81.4 Å². The van der Waals surface area contributed by atoms with Crippen molar-refractivity contribution in [2.75, 3.05) is 50.0 Å². The largest absolute Gasteiger partial charge is 0.494 e. The lowest BCUT2D eigenvalue weighted by Gasteiger charge is -2.37. The van der Waals surface area contributed by atoms with Crippen LogP contribution in [-0.4, -0.2) is 44.2 Å². The normalized spacial score (nSPS) is 14.6. The van der Waals surface area contributed by atoms with E-state index in [-0.39, 0.29) is 0 Å². The average molecular weight is 438 g/mol. The van der Waals surface area contributed by atoms with Gasteiger partial charge in [-0.25, -0.2) is 0 Å². The van der Waals surface area contributed by atoms with E-state index in [4.69, 9.17) is 10.5 Å². The summed E-state index contributed by atoms with van der Waals surface area (Å²) in [6.07, 6.45) is 10.6. The number of aryl methyl sites for hydroxylation is 1.